The Balaban J connectivity index is 1.47. The minimum absolute atomic E-state index is 0.219. The number of nitrogens with zero attached hydrogens (tertiary/aromatic N) is 3. The molecule has 29 heavy (non-hydrogen) atoms. The van der Waals surface area contributed by atoms with Crippen LogP contribution in [0.3, 0.4) is 0 Å². The maximum atomic E-state index is 12.9. The summed E-state index contributed by atoms with van der Waals surface area (Å²) in [7, 11) is 0. The van der Waals surface area contributed by atoms with Crippen LogP contribution >= 0.6 is 11.6 Å². The monoisotopic (exact) mass is 413 g/mol. The van der Waals surface area contributed by atoms with Crippen molar-refractivity contribution in [1.82, 2.24) is 20.2 Å². The molecule has 1 aromatic heterocycles. The van der Waals surface area contributed by atoms with Gasteiger partial charge in [0.2, 0.25) is 0 Å². The molecule has 1 aliphatic heterocycles. The van der Waals surface area contributed by atoms with Crippen molar-refractivity contribution in [2.24, 2.45) is 0 Å². The number of hydrogen-bond donors (Lipinski definition) is 3. The van der Waals surface area contributed by atoms with Crippen LogP contribution in [0.4, 0.5) is 4.79 Å². The van der Waals surface area contributed by atoms with Crippen LogP contribution in [0.25, 0.3) is 0 Å². The second kappa shape index (κ2) is 7.44. The number of halogens is 1. The SMILES string of the molecule is N=C1CCC(c2cnccn2)N1C(=O)NC1CC(C(=O)O)(c2cccc(Cl)c2)C1. The van der Waals surface area contributed by atoms with Gasteiger partial charge in [0.25, 0.3) is 0 Å². The molecule has 1 saturated heterocycles. The maximum absolute atomic E-state index is 12.9. The second-order valence-electron chi connectivity index (χ2n) is 7.45. The minimum Gasteiger partial charge on any atom is -0.481 e. The summed E-state index contributed by atoms with van der Waals surface area (Å²) in [6, 6.07) is 5.79. The summed E-state index contributed by atoms with van der Waals surface area (Å²) in [5, 5.41) is 21.3. The van der Waals surface area contributed by atoms with Crippen molar-refractivity contribution in [2.75, 3.05) is 0 Å². The molecule has 3 N–H and O–H groups in total. The van der Waals surface area contributed by atoms with Crippen molar-refractivity contribution in [2.45, 2.75) is 43.2 Å². The molecule has 1 unspecified atom stereocenters. The molecule has 1 saturated carbocycles. The van der Waals surface area contributed by atoms with Gasteiger partial charge in [0.1, 0.15) is 5.84 Å². The molecule has 2 aromatic rings. The van der Waals surface area contributed by atoms with Gasteiger partial charge in [-0.3, -0.25) is 25.1 Å². The molecular formula is C20H20ClN5O3. The Hall–Kier alpha value is -3.00. The van der Waals surface area contributed by atoms with Gasteiger partial charge < -0.3 is 10.4 Å². The van der Waals surface area contributed by atoms with Crippen LogP contribution in [0.2, 0.25) is 5.02 Å². The van der Waals surface area contributed by atoms with E-state index in [0.29, 0.717) is 29.1 Å². The average Bonchev–Trinajstić information content (AvgIpc) is 3.06. The molecule has 8 nitrogen and oxygen atoms in total. The fraction of sp³-hybridized carbons (Fsp3) is 0.350. The van der Waals surface area contributed by atoms with Gasteiger partial charge in [-0.05, 0) is 37.0 Å². The van der Waals surface area contributed by atoms with E-state index in [2.05, 4.69) is 15.3 Å². The number of carboxylic acid groups (broad SMARTS) is 1. The van der Waals surface area contributed by atoms with E-state index in [0.717, 1.165) is 0 Å². The standard InChI is InChI=1S/C20H20ClN5O3/c21-13-3-1-2-12(8-13)20(18(27)28)9-14(10-20)25-19(29)26-16(4-5-17(26)22)15-11-23-6-7-24-15/h1-3,6-8,11,14,16,22H,4-5,9-10H2,(H,25,29)(H,27,28). The van der Waals surface area contributed by atoms with E-state index in [1.165, 1.54) is 4.90 Å². The Morgan fingerprint density at radius 1 is 1.31 bits per heavy atom. The Kier molecular flexibility index (Phi) is 4.96. The molecule has 2 aliphatic rings. The van der Waals surface area contributed by atoms with Gasteiger partial charge in [0, 0.05) is 29.9 Å². The van der Waals surface area contributed by atoms with Gasteiger partial charge in [0.05, 0.1) is 23.3 Å². The number of aliphatic carboxylic acids is 1. The van der Waals surface area contributed by atoms with Gasteiger partial charge in [-0.1, -0.05) is 23.7 Å². The maximum Gasteiger partial charge on any atom is 0.323 e. The zero-order valence-electron chi connectivity index (χ0n) is 15.5. The third-order valence-electron chi connectivity index (χ3n) is 5.70. The van der Waals surface area contributed by atoms with Crippen molar-refractivity contribution in [3.63, 3.8) is 0 Å². The molecule has 9 heteroatoms. The molecule has 0 spiro atoms. The van der Waals surface area contributed by atoms with Gasteiger partial charge >= 0.3 is 12.0 Å². The first kappa shape index (κ1) is 19.3. The van der Waals surface area contributed by atoms with E-state index >= 15 is 0 Å². The molecule has 0 radical (unpaired) electrons. The Morgan fingerprint density at radius 3 is 2.76 bits per heavy atom. The summed E-state index contributed by atoms with van der Waals surface area (Å²) in [4.78, 5) is 34.6. The number of likely N-dealkylation sites (tertiary alicyclic amines) is 1. The van der Waals surface area contributed by atoms with Crippen molar-refractivity contribution in [3.8, 4) is 0 Å². The fourth-order valence-corrected chi connectivity index (χ4v) is 4.38. The zero-order chi connectivity index (χ0) is 20.6. The third-order valence-corrected chi connectivity index (χ3v) is 5.94. The number of urea groups is 1. The van der Waals surface area contributed by atoms with Crippen molar-refractivity contribution in [3.05, 3.63) is 59.1 Å². The van der Waals surface area contributed by atoms with Gasteiger partial charge in [0.15, 0.2) is 0 Å². The van der Waals surface area contributed by atoms with Crippen LogP contribution in [0.15, 0.2) is 42.9 Å². The first-order chi connectivity index (χ1) is 13.9. The molecule has 1 atom stereocenters. The molecule has 1 aromatic carbocycles. The summed E-state index contributed by atoms with van der Waals surface area (Å²) in [5.41, 5.74) is 0.206. The number of rotatable bonds is 4. The molecule has 2 heterocycles. The lowest BCUT2D eigenvalue weighted by atomic mass is 9.61. The summed E-state index contributed by atoms with van der Waals surface area (Å²) < 4.78 is 0. The van der Waals surface area contributed by atoms with E-state index < -0.39 is 17.4 Å². The number of aromatic nitrogens is 2. The molecule has 1 aliphatic carbocycles. The number of amidine groups is 1. The Bertz CT molecular complexity index is 962. The smallest absolute Gasteiger partial charge is 0.323 e. The van der Waals surface area contributed by atoms with E-state index in [4.69, 9.17) is 17.0 Å². The third kappa shape index (κ3) is 3.44. The molecule has 2 amide bonds. The minimum atomic E-state index is -1.06. The van der Waals surface area contributed by atoms with Crippen LogP contribution in [0, 0.1) is 5.41 Å². The molecular weight excluding hydrogens is 394 g/mol. The molecule has 0 bridgehead atoms. The predicted octanol–water partition coefficient (Wildman–Crippen LogP) is 3.14. The average molecular weight is 414 g/mol. The number of hydrogen-bond acceptors (Lipinski definition) is 5. The highest BCUT2D eigenvalue weighted by atomic mass is 35.5. The number of carbonyl (C=O) groups is 2. The lowest BCUT2D eigenvalue weighted by Crippen LogP contribution is -2.59. The van der Waals surface area contributed by atoms with E-state index in [1.807, 2.05) is 0 Å². The summed E-state index contributed by atoms with van der Waals surface area (Å²) in [6.45, 7) is 0. The highest BCUT2D eigenvalue weighted by Crippen LogP contribution is 2.45. The topological polar surface area (TPSA) is 119 Å². The first-order valence-corrected chi connectivity index (χ1v) is 9.71. The highest BCUT2D eigenvalue weighted by Gasteiger charge is 2.53. The van der Waals surface area contributed by atoms with E-state index in [9.17, 15) is 14.7 Å². The van der Waals surface area contributed by atoms with E-state index in [-0.39, 0.29) is 30.8 Å². The lowest BCUT2D eigenvalue weighted by Gasteiger charge is -2.45. The van der Waals surface area contributed by atoms with Crippen LogP contribution in [-0.4, -0.2) is 43.9 Å². The van der Waals surface area contributed by atoms with Crippen molar-refractivity contribution < 1.29 is 14.7 Å². The number of carboxylic acids is 1. The molecule has 4 rings (SSSR count). The van der Waals surface area contributed by atoms with Crippen LogP contribution in [0.5, 0.6) is 0 Å². The number of carbonyl (C=O) groups excluding carboxylic acids is 1. The second-order valence-corrected chi connectivity index (χ2v) is 7.89. The highest BCUT2D eigenvalue weighted by molar-refractivity contribution is 6.30. The van der Waals surface area contributed by atoms with Gasteiger partial charge in [-0.15, -0.1) is 0 Å². The van der Waals surface area contributed by atoms with Gasteiger partial charge in [-0.25, -0.2) is 4.79 Å². The predicted molar refractivity (Wildman–Crippen MR) is 106 cm³/mol. The summed E-state index contributed by atoms with van der Waals surface area (Å²) in [5.74, 6) is -0.714. The number of nitrogens with one attached hydrogen (secondary N) is 2. The normalized spacial score (nSPS) is 26.1. The van der Waals surface area contributed by atoms with E-state index in [1.54, 1.807) is 42.9 Å². The van der Waals surface area contributed by atoms with Crippen LogP contribution < -0.4 is 5.32 Å². The molecule has 2 fully saturated rings. The van der Waals surface area contributed by atoms with Gasteiger partial charge in [-0.2, -0.15) is 0 Å². The lowest BCUT2D eigenvalue weighted by molar-refractivity contribution is -0.148. The first-order valence-electron chi connectivity index (χ1n) is 9.33. The fourth-order valence-electron chi connectivity index (χ4n) is 4.19. The number of amides is 2. The largest absolute Gasteiger partial charge is 0.481 e. The summed E-state index contributed by atoms with van der Waals surface area (Å²) in [6.07, 6.45) is 6.34. The Labute approximate surface area is 172 Å². The zero-order valence-corrected chi connectivity index (χ0v) is 16.3. The molecule has 150 valence electrons. The summed E-state index contributed by atoms with van der Waals surface area (Å²) >= 11 is 6.03. The van der Waals surface area contributed by atoms with Crippen LogP contribution in [0.1, 0.15) is 43.0 Å². The number of benzene rings is 1. The Morgan fingerprint density at radius 2 is 2.10 bits per heavy atom. The van der Waals surface area contributed by atoms with Crippen molar-refractivity contribution in [1.29, 1.82) is 5.41 Å². The van der Waals surface area contributed by atoms with Crippen molar-refractivity contribution >= 4 is 29.4 Å². The van der Waals surface area contributed by atoms with Crippen LogP contribution in [-0.2, 0) is 10.2 Å². The quantitative estimate of drug-likeness (QED) is 0.711.